The number of allylic oxidation sites excluding steroid dienone is 3. The Morgan fingerprint density at radius 1 is 0.852 bits per heavy atom. The maximum Gasteiger partial charge on any atom is 0.0407 e. The van der Waals surface area contributed by atoms with Crippen molar-refractivity contribution in [2.75, 3.05) is 0 Å². The molecule has 0 saturated heterocycles. The van der Waals surface area contributed by atoms with Gasteiger partial charge >= 0.3 is 0 Å². The van der Waals surface area contributed by atoms with Crippen molar-refractivity contribution in [3.8, 4) is 0 Å². The van der Waals surface area contributed by atoms with E-state index in [0.29, 0.717) is 0 Å². The van der Waals surface area contributed by atoms with Crippen LogP contribution in [0.5, 0.6) is 0 Å². The number of thiophene rings is 1. The molecule has 2 aromatic carbocycles. The van der Waals surface area contributed by atoms with Crippen LogP contribution in [0, 0.1) is 5.41 Å². The van der Waals surface area contributed by atoms with Crippen LogP contribution in [0.1, 0.15) is 29.9 Å². The van der Waals surface area contributed by atoms with Gasteiger partial charge in [0.2, 0.25) is 0 Å². The molecule has 5 rings (SSSR count). The van der Waals surface area contributed by atoms with E-state index >= 15 is 0 Å². The van der Waals surface area contributed by atoms with Gasteiger partial charge in [0.05, 0.1) is 0 Å². The molecule has 0 nitrogen and oxygen atoms in total. The largest absolute Gasteiger partial charge is 0.144 e. The molecular weight excluding hydrogens is 363 g/mol. The van der Waals surface area contributed by atoms with Gasteiger partial charge < -0.3 is 0 Å². The van der Waals surface area contributed by atoms with Crippen LogP contribution in [0.2, 0.25) is 0 Å². The molecule has 0 fully saturated rings. The highest BCUT2D eigenvalue weighted by atomic mass is 32.1. The lowest BCUT2D eigenvalue weighted by molar-refractivity contribution is 0.693. The second-order valence-corrected chi connectivity index (χ2v) is 10.2. The lowest BCUT2D eigenvalue weighted by Crippen LogP contribution is -2.17. The minimum atomic E-state index is -0.442. The van der Waals surface area contributed by atoms with Gasteiger partial charge in [-0.1, -0.05) is 66.7 Å². The molecule has 1 aromatic heterocycles. The van der Waals surface area contributed by atoms with E-state index in [-0.39, 0.29) is 5.41 Å². The molecule has 0 N–H and O–H groups in total. The molecule has 0 spiro atoms. The number of hydrogen-bond donors (Lipinski definition) is 0. The molecule has 27 heavy (non-hydrogen) atoms. The van der Waals surface area contributed by atoms with Gasteiger partial charge in [0.25, 0.3) is 0 Å². The maximum absolute atomic E-state index is 2.57. The van der Waals surface area contributed by atoms with E-state index in [1.165, 1.54) is 27.2 Å². The highest BCUT2D eigenvalue weighted by Gasteiger charge is 2.51. The first-order chi connectivity index (χ1) is 13.2. The predicted molar refractivity (Wildman–Crippen MR) is 121 cm³/mol. The molecule has 0 amide bonds. The number of benzene rings is 2. The molecule has 2 aliphatic heterocycles. The molecule has 2 atom stereocenters. The van der Waals surface area contributed by atoms with Crippen LogP contribution >= 0.6 is 19.3 Å². The van der Waals surface area contributed by atoms with Crippen LogP contribution in [-0.2, 0) is 0 Å². The lowest BCUT2D eigenvalue weighted by atomic mass is 9.73. The van der Waals surface area contributed by atoms with Crippen molar-refractivity contribution in [3.05, 3.63) is 111 Å². The fourth-order valence-electron chi connectivity index (χ4n) is 4.36. The monoisotopic (exact) mass is 384 g/mol. The first-order valence-corrected chi connectivity index (χ1v) is 11.6. The van der Waals surface area contributed by atoms with Crippen molar-refractivity contribution in [2.24, 2.45) is 5.41 Å². The van der Waals surface area contributed by atoms with E-state index in [1.54, 1.807) is 10.6 Å². The molecule has 2 bridgehead atoms. The average Bonchev–Trinajstić information content (AvgIpc) is 3.37. The molecule has 0 aliphatic carbocycles. The van der Waals surface area contributed by atoms with Crippen LogP contribution in [-0.4, -0.2) is 0 Å². The van der Waals surface area contributed by atoms with Gasteiger partial charge in [-0.3, -0.25) is 0 Å². The number of rotatable bonds is 3. The number of fused-ring (bicyclic) bond motifs is 2. The molecule has 0 saturated carbocycles. The fourth-order valence-corrected chi connectivity index (χ4v) is 8.34. The Morgan fingerprint density at radius 3 is 2.15 bits per heavy atom. The minimum absolute atomic E-state index is 0.0117. The Hall–Kier alpha value is -2.21. The minimum Gasteiger partial charge on any atom is -0.144 e. The third-order valence-electron chi connectivity index (χ3n) is 5.87. The SMILES string of the molecule is CC1=C(c2ccccc2)P2C=C(c3ccccc3)C1(C)/C2=C\c1cccs1. The summed E-state index contributed by atoms with van der Waals surface area (Å²) in [6, 6.07) is 26.3. The zero-order chi connectivity index (χ0) is 18.4. The van der Waals surface area contributed by atoms with Crippen LogP contribution in [0.25, 0.3) is 17.0 Å². The van der Waals surface area contributed by atoms with Gasteiger partial charge in [0, 0.05) is 10.3 Å². The predicted octanol–water partition coefficient (Wildman–Crippen LogP) is 8.08. The standard InChI is InChI=1S/C25H21PS/c1-18-24(20-12-7-4-8-13-20)26-17-22(19-10-5-3-6-11-19)25(18,2)23(26)16-21-14-9-15-27-21/h3-17H,1-2H3/b23-16+. The van der Waals surface area contributed by atoms with E-state index in [4.69, 9.17) is 0 Å². The van der Waals surface area contributed by atoms with Gasteiger partial charge in [0.15, 0.2) is 0 Å². The maximum atomic E-state index is 2.57. The van der Waals surface area contributed by atoms with E-state index in [0.717, 1.165) is 0 Å². The summed E-state index contributed by atoms with van der Waals surface area (Å²) in [5, 5.41) is 5.30. The summed E-state index contributed by atoms with van der Waals surface area (Å²) in [7, 11) is -0.442. The van der Waals surface area contributed by atoms with E-state index in [9.17, 15) is 0 Å². The van der Waals surface area contributed by atoms with Crippen LogP contribution in [0.3, 0.4) is 0 Å². The first-order valence-electron chi connectivity index (χ1n) is 9.29. The Bertz CT molecular complexity index is 1070. The van der Waals surface area contributed by atoms with Crippen LogP contribution in [0.15, 0.2) is 94.9 Å². The van der Waals surface area contributed by atoms with Crippen molar-refractivity contribution in [3.63, 3.8) is 0 Å². The second kappa shape index (κ2) is 6.44. The Kier molecular flexibility index (Phi) is 4.04. The van der Waals surface area contributed by atoms with Crippen LogP contribution < -0.4 is 0 Å². The molecule has 2 aliphatic rings. The molecular formula is C25H21PS. The zero-order valence-corrected chi connectivity index (χ0v) is 17.2. The lowest BCUT2D eigenvalue weighted by Gasteiger charge is -2.29. The highest BCUT2D eigenvalue weighted by molar-refractivity contribution is 7.76. The summed E-state index contributed by atoms with van der Waals surface area (Å²) in [4.78, 5) is 1.36. The molecule has 0 radical (unpaired) electrons. The molecule has 2 unspecified atom stereocenters. The Labute approximate surface area is 166 Å². The summed E-state index contributed by atoms with van der Waals surface area (Å²) in [5.41, 5.74) is 5.72. The van der Waals surface area contributed by atoms with Crippen molar-refractivity contribution in [1.29, 1.82) is 0 Å². The van der Waals surface area contributed by atoms with E-state index in [1.807, 2.05) is 11.3 Å². The summed E-state index contributed by atoms with van der Waals surface area (Å²) in [6.07, 6.45) is 2.46. The summed E-state index contributed by atoms with van der Waals surface area (Å²) in [5.74, 6) is 2.57. The van der Waals surface area contributed by atoms with Gasteiger partial charge in [-0.05, 0) is 78.0 Å². The average molecular weight is 384 g/mol. The van der Waals surface area contributed by atoms with Gasteiger partial charge in [-0.2, -0.15) is 0 Å². The summed E-state index contributed by atoms with van der Waals surface area (Å²) in [6.45, 7) is 4.78. The van der Waals surface area contributed by atoms with Gasteiger partial charge in [-0.25, -0.2) is 0 Å². The van der Waals surface area contributed by atoms with Crippen molar-refractivity contribution >= 4 is 36.2 Å². The molecule has 2 heteroatoms. The Balaban J connectivity index is 1.71. The second-order valence-electron chi connectivity index (χ2n) is 7.29. The molecule has 3 aromatic rings. The summed E-state index contributed by atoms with van der Waals surface area (Å²) >= 11 is 1.83. The first kappa shape index (κ1) is 16.9. The fraction of sp³-hybridized carbons (Fsp3) is 0.120. The van der Waals surface area contributed by atoms with E-state index < -0.39 is 7.92 Å². The topological polar surface area (TPSA) is 0 Å². The smallest absolute Gasteiger partial charge is 0.0407 e. The quantitative estimate of drug-likeness (QED) is 0.400. The normalized spacial score (nSPS) is 25.3. The van der Waals surface area contributed by atoms with E-state index in [2.05, 4.69) is 104 Å². The van der Waals surface area contributed by atoms with Gasteiger partial charge in [-0.15, -0.1) is 11.3 Å². The number of hydrogen-bond acceptors (Lipinski definition) is 1. The third kappa shape index (κ3) is 2.53. The summed E-state index contributed by atoms with van der Waals surface area (Å²) < 4.78 is 0. The van der Waals surface area contributed by atoms with Crippen molar-refractivity contribution in [2.45, 2.75) is 13.8 Å². The highest BCUT2D eigenvalue weighted by Crippen LogP contribution is 2.80. The van der Waals surface area contributed by atoms with Crippen molar-refractivity contribution < 1.29 is 0 Å². The molecule has 132 valence electrons. The Morgan fingerprint density at radius 2 is 1.52 bits per heavy atom. The molecule has 3 heterocycles. The zero-order valence-electron chi connectivity index (χ0n) is 15.5. The van der Waals surface area contributed by atoms with Crippen molar-refractivity contribution in [1.82, 2.24) is 0 Å². The third-order valence-corrected chi connectivity index (χ3v) is 9.38. The van der Waals surface area contributed by atoms with Gasteiger partial charge in [0.1, 0.15) is 0 Å². The van der Waals surface area contributed by atoms with Crippen LogP contribution in [0.4, 0.5) is 0 Å².